The largest absolute Gasteiger partial charge is 0.507 e. The minimum Gasteiger partial charge on any atom is -0.507 e. The molecular weight excluding hydrogens is 300 g/mol. The van der Waals surface area contributed by atoms with Crippen LogP contribution >= 0.6 is 0 Å². The molecule has 2 atom stereocenters. The van der Waals surface area contributed by atoms with Crippen LogP contribution in [0.15, 0.2) is 64.7 Å². The number of nitrogens with two attached hydrogens (primary N) is 1. The fraction of sp³-hybridized carbons (Fsp3) is 0.263. The van der Waals surface area contributed by atoms with Crippen LogP contribution in [0.5, 0.6) is 5.75 Å². The molecule has 3 rings (SSSR count). The van der Waals surface area contributed by atoms with Crippen LogP contribution in [-0.2, 0) is 0 Å². The molecule has 0 aliphatic carbocycles. The van der Waals surface area contributed by atoms with Crippen LogP contribution in [0.25, 0.3) is 0 Å². The normalized spacial score (nSPS) is 19.2. The summed E-state index contributed by atoms with van der Waals surface area (Å²) in [5.74, 6) is 0.792. The maximum absolute atomic E-state index is 10.0. The van der Waals surface area contributed by atoms with Gasteiger partial charge in [0.2, 0.25) is 5.96 Å². The molecule has 2 aromatic carbocycles. The summed E-state index contributed by atoms with van der Waals surface area (Å²) in [6, 6.07) is 17.2. The number of nitrogens with zero attached hydrogens (tertiary/aromatic N) is 3. The van der Waals surface area contributed by atoms with E-state index >= 15 is 0 Å². The Morgan fingerprint density at radius 3 is 2.58 bits per heavy atom. The summed E-state index contributed by atoms with van der Waals surface area (Å²) < 4.78 is 0. The number of phenols is 1. The smallest absolute Gasteiger partial charge is 0.212 e. The van der Waals surface area contributed by atoms with E-state index in [4.69, 9.17) is 5.73 Å². The third kappa shape index (κ3) is 3.25. The number of para-hydroxylation sites is 1. The monoisotopic (exact) mass is 322 g/mol. The van der Waals surface area contributed by atoms with Gasteiger partial charge in [-0.3, -0.25) is 0 Å². The molecule has 0 saturated heterocycles. The first kappa shape index (κ1) is 16.1. The summed E-state index contributed by atoms with van der Waals surface area (Å²) in [6.07, 6.45) is 0. The number of hydrogen-bond donors (Lipinski definition) is 2. The van der Waals surface area contributed by atoms with E-state index in [0.717, 1.165) is 16.8 Å². The molecule has 2 unspecified atom stereocenters. The number of aliphatic imine (C=N–C) groups is 1. The van der Waals surface area contributed by atoms with Crippen molar-refractivity contribution in [2.45, 2.75) is 19.9 Å². The van der Waals surface area contributed by atoms with Crippen molar-refractivity contribution in [1.29, 1.82) is 0 Å². The second-order valence-corrected chi connectivity index (χ2v) is 6.06. The van der Waals surface area contributed by atoms with Crippen molar-refractivity contribution < 1.29 is 5.11 Å². The number of benzene rings is 2. The summed E-state index contributed by atoms with van der Waals surface area (Å²) >= 11 is 0. The van der Waals surface area contributed by atoms with Crippen molar-refractivity contribution in [2.75, 3.05) is 6.54 Å². The Morgan fingerprint density at radius 1 is 1.21 bits per heavy atom. The van der Waals surface area contributed by atoms with E-state index in [2.05, 4.69) is 17.0 Å². The van der Waals surface area contributed by atoms with Gasteiger partial charge in [0.05, 0.1) is 18.3 Å². The molecule has 124 valence electrons. The van der Waals surface area contributed by atoms with E-state index in [1.165, 1.54) is 0 Å². The van der Waals surface area contributed by atoms with Crippen LogP contribution in [0.2, 0.25) is 0 Å². The summed E-state index contributed by atoms with van der Waals surface area (Å²) in [5.41, 5.74) is 8.85. The Bertz CT molecular complexity index is 770. The number of phenolic OH excluding ortho intramolecular Hbond substituents is 1. The number of hydrogen-bond acceptors (Lipinski definition) is 3. The third-order valence-corrected chi connectivity index (χ3v) is 4.19. The molecule has 3 N–H and O–H groups in total. The van der Waals surface area contributed by atoms with E-state index in [1.54, 1.807) is 17.1 Å². The van der Waals surface area contributed by atoms with E-state index in [1.807, 2.05) is 49.4 Å². The Morgan fingerprint density at radius 2 is 1.88 bits per heavy atom. The maximum Gasteiger partial charge on any atom is 0.212 e. The molecule has 0 radical (unpaired) electrons. The van der Waals surface area contributed by atoms with Crippen LogP contribution in [-0.4, -0.2) is 28.3 Å². The summed E-state index contributed by atoms with van der Waals surface area (Å²) in [7, 11) is 0. The molecule has 0 saturated carbocycles. The zero-order chi connectivity index (χ0) is 17.1. The first-order chi connectivity index (χ1) is 11.6. The molecular formula is C19H22N4O. The minimum absolute atomic E-state index is 0.0362. The van der Waals surface area contributed by atoms with Gasteiger partial charge in [-0.15, -0.1) is 0 Å². The summed E-state index contributed by atoms with van der Waals surface area (Å²) in [5, 5.41) is 16.3. The molecule has 0 spiro atoms. The van der Waals surface area contributed by atoms with Gasteiger partial charge in [-0.1, -0.05) is 49.4 Å². The molecule has 0 fully saturated rings. The lowest BCUT2D eigenvalue weighted by Crippen LogP contribution is -2.33. The number of rotatable bonds is 3. The van der Waals surface area contributed by atoms with Gasteiger partial charge in [-0.2, -0.15) is 5.10 Å². The summed E-state index contributed by atoms with van der Waals surface area (Å²) in [4.78, 5) is 4.56. The van der Waals surface area contributed by atoms with Crippen LogP contribution in [0.1, 0.15) is 31.0 Å². The molecule has 0 aromatic heterocycles. The van der Waals surface area contributed by atoms with Crippen molar-refractivity contribution >= 4 is 11.7 Å². The zero-order valence-electron chi connectivity index (χ0n) is 13.9. The van der Waals surface area contributed by atoms with Gasteiger partial charge in [-0.05, 0) is 24.6 Å². The van der Waals surface area contributed by atoms with Gasteiger partial charge in [0.25, 0.3) is 0 Å². The van der Waals surface area contributed by atoms with E-state index in [0.29, 0.717) is 12.5 Å². The molecule has 24 heavy (non-hydrogen) atoms. The zero-order valence-corrected chi connectivity index (χ0v) is 13.9. The fourth-order valence-electron chi connectivity index (χ4n) is 2.84. The van der Waals surface area contributed by atoms with Crippen LogP contribution in [0.4, 0.5) is 0 Å². The molecule has 1 heterocycles. The molecule has 5 nitrogen and oxygen atoms in total. The van der Waals surface area contributed by atoms with Crippen molar-refractivity contribution in [3.05, 3.63) is 65.7 Å². The lowest BCUT2D eigenvalue weighted by Gasteiger charge is -2.15. The number of hydrazone groups is 1. The SMILES string of the molecule is CC1CN(C(N)=NC(C)c2ccccc2)N=C1c1ccccc1O. The van der Waals surface area contributed by atoms with Gasteiger partial charge in [0.1, 0.15) is 5.75 Å². The van der Waals surface area contributed by atoms with Crippen molar-refractivity contribution in [1.82, 2.24) is 5.01 Å². The maximum atomic E-state index is 10.0. The lowest BCUT2D eigenvalue weighted by atomic mass is 9.99. The van der Waals surface area contributed by atoms with Gasteiger partial charge < -0.3 is 10.8 Å². The minimum atomic E-state index is -0.0362. The first-order valence-electron chi connectivity index (χ1n) is 8.09. The molecule has 1 aliphatic heterocycles. The highest BCUT2D eigenvalue weighted by Crippen LogP contribution is 2.25. The highest BCUT2D eigenvalue weighted by molar-refractivity contribution is 6.06. The quantitative estimate of drug-likeness (QED) is 0.673. The van der Waals surface area contributed by atoms with E-state index in [-0.39, 0.29) is 17.7 Å². The number of guanidine groups is 1. The highest BCUT2D eigenvalue weighted by atomic mass is 16.3. The van der Waals surface area contributed by atoms with Gasteiger partial charge >= 0.3 is 0 Å². The molecule has 5 heteroatoms. The highest BCUT2D eigenvalue weighted by Gasteiger charge is 2.27. The summed E-state index contributed by atoms with van der Waals surface area (Å²) in [6.45, 7) is 4.73. The number of aromatic hydroxyl groups is 1. The predicted octanol–water partition coefficient (Wildman–Crippen LogP) is 3.12. The molecule has 0 bridgehead atoms. The Kier molecular flexibility index (Phi) is 4.51. The Balaban J connectivity index is 1.83. The first-order valence-corrected chi connectivity index (χ1v) is 8.09. The van der Waals surface area contributed by atoms with Crippen molar-refractivity contribution in [2.24, 2.45) is 21.7 Å². The van der Waals surface area contributed by atoms with Crippen molar-refractivity contribution in [3.8, 4) is 5.75 Å². The van der Waals surface area contributed by atoms with E-state index in [9.17, 15) is 5.11 Å². The van der Waals surface area contributed by atoms with E-state index < -0.39 is 0 Å². The average Bonchev–Trinajstić information content (AvgIpc) is 2.98. The Hall–Kier alpha value is -2.82. The Labute approximate surface area is 142 Å². The van der Waals surface area contributed by atoms with Crippen molar-refractivity contribution in [3.63, 3.8) is 0 Å². The van der Waals surface area contributed by atoms with Gasteiger partial charge in [-0.25, -0.2) is 10.0 Å². The van der Waals surface area contributed by atoms with Crippen LogP contribution in [0.3, 0.4) is 0 Å². The fourth-order valence-corrected chi connectivity index (χ4v) is 2.84. The second-order valence-electron chi connectivity index (χ2n) is 6.06. The predicted molar refractivity (Wildman–Crippen MR) is 97.0 cm³/mol. The average molecular weight is 322 g/mol. The van der Waals surface area contributed by atoms with Crippen LogP contribution in [0, 0.1) is 5.92 Å². The molecule has 2 aromatic rings. The topological polar surface area (TPSA) is 74.2 Å². The van der Waals surface area contributed by atoms with Crippen LogP contribution < -0.4 is 5.73 Å². The van der Waals surface area contributed by atoms with Gasteiger partial charge in [0, 0.05) is 11.5 Å². The standard InChI is InChI=1S/C19H22N4O/c1-13-12-23(22-18(13)16-10-6-7-11-17(16)24)19(20)21-14(2)15-8-4-3-5-9-15/h3-11,13-14,24H,12H2,1-2H3,(H2,20,21). The molecule has 1 aliphatic rings. The lowest BCUT2D eigenvalue weighted by molar-refractivity contribution is 0.447. The van der Waals surface area contributed by atoms with Gasteiger partial charge in [0.15, 0.2) is 0 Å². The molecule has 0 amide bonds. The third-order valence-electron chi connectivity index (χ3n) is 4.19. The second kappa shape index (κ2) is 6.74.